The Bertz CT molecular complexity index is 1290. The van der Waals surface area contributed by atoms with Gasteiger partial charge in [-0.05, 0) is 37.1 Å². The lowest BCUT2D eigenvalue weighted by Gasteiger charge is -2.37. The van der Waals surface area contributed by atoms with E-state index in [1.54, 1.807) is 23.4 Å². The predicted molar refractivity (Wildman–Crippen MR) is 114 cm³/mol. The van der Waals surface area contributed by atoms with Crippen LogP contribution in [0.25, 0.3) is 17.2 Å². The van der Waals surface area contributed by atoms with Crippen molar-refractivity contribution >= 4 is 0 Å². The minimum absolute atomic E-state index is 0.0456. The number of imidazole rings is 1. The molecular formula is C22H22N8O. The third kappa shape index (κ3) is 3.09. The summed E-state index contributed by atoms with van der Waals surface area (Å²) in [6.45, 7) is 3.21. The molecule has 2 atom stereocenters. The molecule has 0 spiro atoms. The van der Waals surface area contributed by atoms with Crippen LogP contribution in [0, 0.1) is 5.92 Å². The van der Waals surface area contributed by atoms with Gasteiger partial charge in [0.25, 0.3) is 5.56 Å². The Morgan fingerprint density at radius 3 is 3.00 bits per heavy atom. The lowest BCUT2D eigenvalue weighted by atomic mass is 9.84. The summed E-state index contributed by atoms with van der Waals surface area (Å²) >= 11 is 0. The molecule has 0 aliphatic carbocycles. The predicted octanol–water partition coefficient (Wildman–Crippen LogP) is 1.44. The topological polar surface area (TPSA) is 95.4 Å². The summed E-state index contributed by atoms with van der Waals surface area (Å²) < 4.78 is 5.61. The Morgan fingerprint density at radius 2 is 2.10 bits per heavy atom. The van der Waals surface area contributed by atoms with E-state index in [2.05, 4.69) is 31.4 Å². The van der Waals surface area contributed by atoms with Crippen molar-refractivity contribution in [1.82, 2.24) is 39.2 Å². The molecular weight excluding hydrogens is 392 g/mol. The average Bonchev–Trinajstić information content (AvgIpc) is 3.48. The molecule has 0 radical (unpaired) electrons. The number of pyridine rings is 2. The van der Waals surface area contributed by atoms with Crippen molar-refractivity contribution in [1.29, 1.82) is 0 Å². The Labute approximate surface area is 178 Å². The highest BCUT2D eigenvalue weighted by Gasteiger charge is 2.31. The van der Waals surface area contributed by atoms with E-state index in [0.717, 1.165) is 37.3 Å². The van der Waals surface area contributed by atoms with Crippen LogP contribution in [0.3, 0.4) is 0 Å². The number of aromatic nitrogens is 7. The summed E-state index contributed by atoms with van der Waals surface area (Å²) in [5.74, 6) is 2.30. The van der Waals surface area contributed by atoms with Gasteiger partial charge in [0.1, 0.15) is 18.5 Å². The highest BCUT2D eigenvalue weighted by atomic mass is 16.1. The Morgan fingerprint density at radius 1 is 1.13 bits per heavy atom. The summed E-state index contributed by atoms with van der Waals surface area (Å²) in [5, 5.41) is 7.70. The van der Waals surface area contributed by atoms with Crippen molar-refractivity contribution in [2.75, 3.05) is 13.1 Å². The number of piperidine rings is 1. The van der Waals surface area contributed by atoms with Crippen LogP contribution in [0.15, 0.2) is 60.3 Å². The van der Waals surface area contributed by atoms with Gasteiger partial charge in [-0.15, -0.1) is 0 Å². The van der Waals surface area contributed by atoms with Gasteiger partial charge in [0, 0.05) is 48.9 Å². The van der Waals surface area contributed by atoms with Gasteiger partial charge in [0.15, 0.2) is 5.82 Å². The van der Waals surface area contributed by atoms with Gasteiger partial charge in [-0.25, -0.2) is 19.6 Å². The van der Waals surface area contributed by atoms with Crippen LogP contribution in [0.2, 0.25) is 0 Å². The standard InChI is InChI=1S/C22H22N8O/c31-22-18(3-4-19-17-8-15(9-23-10-17)11-29(19)22)21-26-6-7-28(21)12-16-2-1-5-25-20(16)30-14-24-13-27-30/h1-7,13-15,17,23H,8-12H2/t15-,17+/m0/s1. The molecule has 0 aromatic carbocycles. The van der Waals surface area contributed by atoms with Crippen molar-refractivity contribution in [3.05, 3.63) is 77.1 Å². The first-order chi connectivity index (χ1) is 15.3. The molecule has 9 nitrogen and oxygen atoms in total. The molecule has 31 heavy (non-hydrogen) atoms. The number of nitrogens with zero attached hydrogens (tertiary/aromatic N) is 7. The average molecular weight is 414 g/mol. The Balaban J connectivity index is 1.39. The van der Waals surface area contributed by atoms with Crippen LogP contribution in [0.5, 0.6) is 0 Å². The maximum absolute atomic E-state index is 13.5. The lowest BCUT2D eigenvalue weighted by Crippen LogP contribution is -2.45. The molecule has 1 saturated heterocycles. The Kier molecular flexibility index (Phi) is 4.27. The van der Waals surface area contributed by atoms with E-state index in [1.165, 1.54) is 6.33 Å². The van der Waals surface area contributed by atoms with Crippen LogP contribution in [-0.2, 0) is 13.1 Å². The third-order valence-corrected chi connectivity index (χ3v) is 6.31. The first-order valence-corrected chi connectivity index (χ1v) is 10.5. The normalized spacial score (nSPS) is 19.9. The highest BCUT2D eigenvalue weighted by Crippen LogP contribution is 2.32. The first-order valence-electron chi connectivity index (χ1n) is 10.5. The fourth-order valence-corrected chi connectivity index (χ4v) is 4.90. The molecule has 6 rings (SSSR count). The fourth-order valence-electron chi connectivity index (χ4n) is 4.90. The quantitative estimate of drug-likeness (QED) is 0.543. The molecule has 0 amide bonds. The third-order valence-electron chi connectivity index (χ3n) is 6.31. The van der Waals surface area contributed by atoms with E-state index in [1.807, 2.05) is 33.5 Å². The van der Waals surface area contributed by atoms with Gasteiger partial charge in [0.2, 0.25) is 0 Å². The van der Waals surface area contributed by atoms with Crippen molar-refractivity contribution in [3.8, 4) is 17.2 Å². The van der Waals surface area contributed by atoms with Gasteiger partial charge < -0.3 is 14.5 Å². The zero-order valence-corrected chi connectivity index (χ0v) is 16.9. The van der Waals surface area contributed by atoms with Crippen molar-refractivity contribution in [3.63, 3.8) is 0 Å². The minimum Gasteiger partial charge on any atom is -0.326 e. The van der Waals surface area contributed by atoms with E-state index >= 15 is 0 Å². The van der Waals surface area contributed by atoms with Gasteiger partial charge in [-0.3, -0.25) is 4.79 Å². The first kappa shape index (κ1) is 18.2. The van der Waals surface area contributed by atoms with E-state index in [-0.39, 0.29) is 5.56 Å². The van der Waals surface area contributed by atoms with E-state index in [9.17, 15) is 4.79 Å². The monoisotopic (exact) mass is 414 g/mol. The van der Waals surface area contributed by atoms with Gasteiger partial charge >= 0.3 is 0 Å². The van der Waals surface area contributed by atoms with Crippen LogP contribution < -0.4 is 10.9 Å². The number of rotatable bonds is 4. The van der Waals surface area contributed by atoms with Gasteiger partial charge in [0.05, 0.1) is 12.1 Å². The van der Waals surface area contributed by atoms with Crippen molar-refractivity contribution in [2.24, 2.45) is 5.92 Å². The minimum atomic E-state index is 0.0456. The SMILES string of the molecule is O=c1c(-c2nccn2Cc2cccnc2-n2cncn2)ccc2n1C[C@@H]1CNC[C@H]2C1. The van der Waals surface area contributed by atoms with E-state index in [4.69, 9.17) is 0 Å². The molecule has 1 N–H and O–H groups in total. The number of fused-ring (bicyclic) bond motifs is 4. The molecule has 2 bridgehead atoms. The van der Waals surface area contributed by atoms with Gasteiger partial charge in [-0.2, -0.15) is 5.10 Å². The molecule has 156 valence electrons. The smallest absolute Gasteiger partial charge is 0.261 e. The van der Waals surface area contributed by atoms with Gasteiger partial charge in [-0.1, -0.05) is 6.07 Å². The van der Waals surface area contributed by atoms with Crippen LogP contribution in [0.1, 0.15) is 23.6 Å². The molecule has 2 aliphatic heterocycles. The molecule has 9 heteroatoms. The second-order valence-corrected chi connectivity index (χ2v) is 8.25. The van der Waals surface area contributed by atoms with Crippen LogP contribution in [-0.4, -0.2) is 47.0 Å². The van der Waals surface area contributed by atoms with E-state index < -0.39 is 0 Å². The highest BCUT2D eigenvalue weighted by molar-refractivity contribution is 5.55. The summed E-state index contributed by atoms with van der Waals surface area (Å²) in [4.78, 5) is 26.5. The lowest BCUT2D eigenvalue weighted by molar-refractivity contribution is 0.257. The molecule has 6 heterocycles. The summed E-state index contributed by atoms with van der Waals surface area (Å²) in [7, 11) is 0. The zero-order chi connectivity index (χ0) is 20.8. The number of hydrogen-bond donors (Lipinski definition) is 1. The molecule has 0 unspecified atom stereocenters. The largest absolute Gasteiger partial charge is 0.326 e. The second kappa shape index (κ2) is 7.28. The fraction of sp³-hybridized carbons (Fsp3) is 0.318. The molecule has 4 aromatic rings. The molecule has 2 aliphatic rings. The second-order valence-electron chi connectivity index (χ2n) is 8.25. The molecule has 4 aromatic heterocycles. The van der Waals surface area contributed by atoms with Crippen molar-refractivity contribution < 1.29 is 0 Å². The summed E-state index contributed by atoms with van der Waals surface area (Å²) in [6.07, 6.45) is 9.64. The summed E-state index contributed by atoms with van der Waals surface area (Å²) in [6, 6.07) is 7.94. The summed E-state index contributed by atoms with van der Waals surface area (Å²) in [5.41, 5.74) is 2.78. The van der Waals surface area contributed by atoms with Crippen molar-refractivity contribution in [2.45, 2.75) is 25.4 Å². The number of hydrogen-bond acceptors (Lipinski definition) is 6. The molecule has 0 saturated carbocycles. The molecule has 1 fully saturated rings. The zero-order valence-electron chi connectivity index (χ0n) is 16.9. The maximum atomic E-state index is 13.5. The van der Waals surface area contributed by atoms with E-state index in [0.29, 0.717) is 35.6 Å². The van der Waals surface area contributed by atoms with Crippen LogP contribution in [0.4, 0.5) is 0 Å². The number of nitrogens with one attached hydrogen (secondary N) is 1. The maximum Gasteiger partial charge on any atom is 0.261 e. The van der Waals surface area contributed by atoms with Crippen LogP contribution >= 0.6 is 0 Å². The Hall–Kier alpha value is -3.59.